The Morgan fingerprint density at radius 2 is 1.95 bits per heavy atom. The van der Waals surface area contributed by atoms with E-state index in [9.17, 15) is 0 Å². The topological polar surface area (TPSA) is 43.2 Å². The molecule has 1 aromatic carbocycles. The molecule has 2 aliphatic heterocycles. The molecule has 0 aromatic heterocycles. The van der Waals surface area contributed by atoms with Crippen molar-refractivity contribution < 1.29 is 9.47 Å². The largest absolute Gasteiger partial charge is 0.476 e. The zero-order chi connectivity index (χ0) is 13.2. The third kappa shape index (κ3) is 2.48. The van der Waals surface area contributed by atoms with Crippen LogP contribution in [0.2, 0.25) is 0 Å². The summed E-state index contributed by atoms with van der Waals surface area (Å²) in [5.74, 6) is 1.96. The Hall–Kier alpha value is -1.84. The van der Waals surface area contributed by atoms with Crippen molar-refractivity contribution in [1.29, 1.82) is 0 Å². The number of nitrogens with zero attached hydrogens (tertiary/aromatic N) is 2. The highest BCUT2D eigenvalue weighted by Gasteiger charge is 2.23. The van der Waals surface area contributed by atoms with Crippen LogP contribution in [0.25, 0.3) is 0 Å². The molecule has 0 bridgehead atoms. The molecule has 1 atom stereocenters. The van der Waals surface area contributed by atoms with Crippen molar-refractivity contribution in [2.24, 2.45) is 15.9 Å². The minimum absolute atomic E-state index is 0.263. The summed E-state index contributed by atoms with van der Waals surface area (Å²) in [4.78, 5) is 8.97. The monoisotopic (exact) mass is 258 g/mol. The fourth-order valence-electron chi connectivity index (χ4n) is 2.18. The molecule has 2 heterocycles. The van der Waals surface area contributed by atoms with Crippen LogP contribution < -0.4 is 0 Å². The summed E-state index contributed by atoms with van der Waals surface area (Å²) in [5.41, 5.74) is 1.99. The molecule has 19 heavy (non-hydrogen) atoms. The summed E-state index contributed by atoms with van der Waals surface area (Å²) in [7, 11) is 0. The highest BCUT2D eigenvalue weighted by atomic mass is 16.5. The number of hydrogen-bond donors (Lipinski definition) is 0. The van der Waals surface area contributed by atoms with E-state index in [2.05, 4.69) is 23.8 Å². The molecule has 1 aromatic rings. The van der Waals surface area contributed by atoms with Crippen LogP contribution in [0.15, 0.2) is 34.3 Å². The molecule has 100 valence electrons. The molecule has 0 spiro atoms. The maximum Gasteiger partial charge on any atom is 0.216 e. The Morgan fingerprint density at radius 1 is 1.16 bits per heavy atom. The van der Waals surface area contributed by atoms with E-state index in [0.717, 1.165) is 29.5 Å². The van der Waals surface area contributed by atoms with Crippen LogP contribution in [-0.4, -0.2) is 37.6 Å². The molecular weight excluding hydrogens is 240 g/mol. The number of ether oxygens (including phenoxy) is 2. The zero-order valence-electron chi connectivity index (χ0n) is 11.3. The first-order valence-electron chi connectivity index (χ1n) is 6.72. The van der Waals surface area contributed by atoms with Gasteiger partial charge in [0.2, 0.25) is 11.8 Å². The Labute approximate surface area is 113 Å². The van der Waals surface area contributed by atoms with E-state index < -0.39 is 0 Å². The van der Waals surface area contributed by atoms with Crippen LogP contribution in [0.1, 0.15) is 25.0 Å². The van der Waals surface area contributed by atoms with Gasteiger partial charge in [-0.25, -0.2) is 9.98 Å². The standard InChI is InChI=1S/C15H18N2O2/c1-10(2)13-9-19-15(17-13)12-5-3-4-11(8-12)14-16-6-7-18-14/h3-5,8,10,13H,6-7,9H2,1-2H3. The maximum atomic E-state index is 5.70. The molecule has 3 rings (SSSR count). The number of rotatable bonds is 3. The molecule has 0 amide bonds. The SMILES string of the molecule is CC(C)C1COC(c2cccc(C3=NCCO3)c2)=N1. The smallest absolute Gasteiger partial charge is 0.216 e. The van der Waals surface area contributed by atoms with Crippen molar-refractivity contribution in [3.8, 4) is 0 Å². The average Bonchev–Trinajstić information content (AvgIpc) is 3.10. The first-order valence-corrected chi connectivity index (χ1v) is 6.72. The predicted molar refractivity (Wildman–Crippen MR) is 74.9 cm³/mol. The molecule has 1 unspecified atom stereocenters. The fourth-order valence-corrected chi connectivity index (χ4v) is 2.18. The molecule has 4 nitrogen and oxygen atoms in total. The van der Waals surface area contributed by atoms with Crippen molar-refractivity contribution in [3.05, 3.63) is 35.4 Å². The van der Waals surface area contributed by atoms with Crippen molar-refractivity contribution in [2.45, 2.75) is 19.9 Å². The van der Waals surface area contributed by atoms with Crippen LogP contribution in [0, 0.1) is 5.92 Å². The van der Waals surface area contributed by atoms with E-state index in [1.807, 2.05) is 24.3 Å². The lowest BCUT2D eigenvalue weighted by molar-refractivity contribution is 0.292. The third-order valence-electron chi connectivity index (χ3n) is 3.39. The van der Waals surface area contributed by atoms with E-state index in [1.54, 1.807) is 0 Å². The van der Waals surface area contributed by atoms with E-state index >= 15 is 0 Å². The van der Waals surface area contributed by atoms with E-state index in [4.69, 9.17) is 9.47 Å². The lowest BCUT2D eigenvalue weighted by atomic mass is 10.1. The second-order valence-corrected chi connectivity index (χ2v) is 5.17. The molecule has 0 radical (unpaired) electrons. The van der Waals surface area contributed by atoms with E-state index in [-0.39, 0.29) is 6.04 Å². The highest BCUT2D eigenvalue weighted by molar-refractivity contribution is 6.00. The van der Waals surface area contributed by atoms with Crippen LogP contribution in [-0.2, 0) is 9.47 Å². The highest BCUT2D eigenvalue weighted by Crippen LogP contribution is 2.19. The summed E-state index contributed by atoms with van der Waals surface area (Å²) in [6.45, 7) is 6.42. The molecule has 0 fully saturated rings. The summed E-state index contributed by atoms with van der Waals surface area (Å²) in [6.07, 6.45) is 0. The van der Waals surface area contributed by atoms with Crippen LogP contribution in [0.4, 0.5) is 0 Å². The normalized spacial score (nSPS) is 21.9. The summed E-state index contributed by atoms with van der Waals surface area (Å²) < 4.78 is 11.2. The molecule has 0 aliphatic carbocycles. The summed E-state index contributed by atoms with van der Waals surface area (Å²) >= 11 is 0. The van der Waals surface area contributed by atoms with Crippen molar-refractivity contribution >= 4 is 11.8 Å². The minimum atomic E-state index is 0.263. The van der Waals surface area contributed by atoms with E-state index in [1.165, 1.54) is 0 Å². The van der Waals surface area contributed by atoms with Gasteiger partial charge in [0.05, 0.1) is 12.6 Å². The third-order valence-corrected chi connectivity index (χ3v) is 3.39. The second kappa shape index (κ2) is 5.03. The molecule has 0 saturated heterocycles. The maximum absolute atomic E-state index is 5.70. The first kappa shape index (κ1) is 12.2. The van der Waals surface area contributed by atoms with Gasteiger partial charge in [0.15, 0.2) is 0 Å². The van der Waals surface area contributed by atoms with Crippen molar-refractivity contribution in [1.82, 2.24) is 0 Å². The number of aliphatic imine (C=N–C) groups is 2. The van der Waals surface area contributed by atoms with Gasteiger partial charge in [0.1, 0.15) is 13.2 Å². The summed E-state index contributed by atoms with van der Waals surface area (Å²) in [6, 6.07) is 8.30. The van der Waals surface area contributed by atoms with Crippen molar-refractivity contribution in [2.75, 3.05) is 19.8 Å². The fraction of sp³-hybridized carbons (Fsp3) is 0.467. The Kier molecular flexibility index (Phi) is 3.23. The van der Waals surface area contributed by atoms with E-state index in [0.29, 0.717) is 19.1 Å². The van der Waals surface area contributed by atoms with Gasteiger partial charge in [-0.2, -0.15) is 0 Å². The van der Waals surface area contributed by atoms with Gasteiger partial charge in [-0.3, -0.25) is 0 Å². The number of hydrogen-bond acceptors (Lipinski definition) is 4. The van der Waals surface area contributed by atoms with Gasteiger partial charge < -0.3 is 9.47 Å². The predicted octanol–water partition coefficient (Wildman–Crippen LogP) is 2.26. The molecular formula is C15H18N2O2. The van der Waals surface area contributed by atoms with Crippen molar-refractivity contribution in [3.63, 3.8) is 0 Å². The second-order valence-electron chi connectivity index (χ2n) is 5.17. The average molecular weight is 258 g/mol. The lowest BCUT2D eigenvalue weighted by Crippen LogP contribution is -2.13. The molecule has 2 aliphatic rings. The Bertz CT molecular complexity index is 535. The minimum Gasteiger partial charge on any atom is -0.476 e. The number of benzene rings is 1. The van der Waals surface area contributed by atoms with Crippen LogP contribution in [0.5, 0.6) is 0 Å². The Balaban J connectivity index is 1.86. The van der Waals surface area contributed by atoms with Crippen LogP contribution in [0.3, 0.4) is 0 Å². The molecule has 0 saturated carbocycles. The van der Waals surface area contributed by atoms with Gasteiger partial charge in [-0.15, -0.1) is 0 Å². The van der Waals surface area contributed by atoms with Gasteiger partial charge >= 0.3 is 0 Å². The van der Waals surface area contributed by atoms with Gasteiger partial charge in [-0.1, -0.05) is 19.9 Å². The zero-order valence-corrected chi connectivity index (χ0v) is 11.3. The first-order chi connectivity index (χ1) is 9.24. The molecule has 0 N–H and O–H groups in total. The quantitative estimate of drug-likeness (QED) is 0.834. The van der Waals surface area contributed by atoms with Gasteiger partial charge in [0, 0.05) is 11.1 Å². The lowest BCUT2D eigenvalue weighted by Gasteiger charge is -2.06. The summed E-state index contributed by atoms with van der Waals surface area (Å²) in [5, 5.41) is 0. The Morgan fingerprint density at radius 3 is 2.58 bits per heavy atom. The van der Waals surface area contributed by atoms with Crippen LogP contribution >= 0.6 is 0 Å². The molecule has 4 heteroatoms. The van der Waals surface area contributed by atoms with Gasteiger partial charge in [0.25, 0.3) is 0 Å². The van der Waals surface area contributed by atoms with Gasteiger partial charge in [-0.05, 0) is 24.1 Å².